The van der Waals surface area contributed by atoms with Crippen molar-refractivity contribution in [1.29, 1.82) is 0 Å². The van der Waals surface area contributed by atoms with E-state index >= 15 is 0 Å². The van der Waals surface area contributed by atoms with E-state index in [-0.39, 0.29) is 6.61 Å². The van der Waals surface area contributed by atoms with E-state index in [0.29, 0.717) is 0 Å². The van der Waals surface area contributed by atoms with Crippen LogP contribution in [-0.4, -0.2) is 60.1 Å². The maximum Gasteiger partial charge on any atom is 0.303 e. The van der Waals surface area contributed by atoms with Gasteiger partial charge in [0.05, 0.1) is 6.04 Å². The van der Waals surface area contributed by atoms with Gasteiger partial charge in [0, 0.05) is 20.8 Å². The first kappa shape index (κ1) is 20.7. The summed E-state index contributed by atoms with van der Waals surface area (Å²) in [5.41, 5.74) is 5.66. The number of hydrogen-bond acceptors (Lipinski definition) is 9. The van der Waals surface area contributed by atoms with Gasteiger partial charge >= 0.3 is 17.9 Å². The van der Waals surface area contributed by atoms with Crippen LogP contribution in [-0.2, 0) is 33.3 Å². The van der Waals surface area contributed by atoms with Crippen LogP contribution in [0.2, 0.25) is 0 Å². The Hall–Kier alpha value is -1.32. The molecule has 0 radical (unpaired) electrons. The van der Waals surface area contributed by atoms with Gasteiger partial charge in [0.15, 0.2) is 6.10 Å². The van der Waals surface area contributed by atoms with Crippen molar-refractivity contribution >= 4 is 29.7 Å². The van der Waals surface area contributed by atoms with E-state index in [0.717, 1.165) is 12.2 Å². The molecule has 8 nitrogen and oxygen atoms in total. The summed E-state index contributed by atoms with van der Waals surface area (Å²) < 4.78 is 21.4. The fourth-order valence-corrected chi connectivity index (χ4v) is 3.43. The average Bonchev–Trinajstić information content (AvgIpc) is 2.48. The third-order valence-electron chi connectivity index (χ3n) is 3.24. The van der Waals surface area contributed by atoms with Crippen molar-refractivity contribution < 1.29 is 33.3 Å². The number of ether oxygens (including phenoxy) is 4. The number of nitrogens with two attached hydrogens (primary N) is 1. The van der Waals surface area contributed by atoms with Gasteiger partial charge in [0.2, 0.25) is 0 Å². The molecule has 5 unspecified atom stereocenters. The van der Waals surface area contributed by atoms with E-state index in [9.17, 15) is 14.4 Å². The quantitative estimate of drug-likeness (QED) is 0.513. The smallest absolute Gasteiger partial charge is 0.303 e. The Bertz CT molecular complexity index is 457. The van der Waals surface area contributed by atoms with Gasteiger partial charge in [-0.1, -0.05) is 6.92 Å². The highest BCUT2D eigenvalue weighted by Gasteiger charge is 2.48. The second kappa shape index (κ2) is 9.85. The zero-order valence-electron chi connectivity index (χ0n) is 14.4. The predicted molar refractivity (Wildman–Crippen MR) is 87.1 cm³/mol. The molecule has 1 saturated heterocycles. The molecule has 0 amide bonds. The monoisotopic (exact) mass is 363 g/mol. The molecular formula is C15H25NO7S. The molecule has 0 saturated carbocycles. The Balaban J connectivity index is 2.98. The minimum atomic E-state index is -0.885. The molecule has 0 bridgehead atoms. The highest BCUT2D eigenvalue weighted by Crippen LogP contribution is 2.31. The van der Waals surface area contributed by atoms with Gasteiger partial charge in [0.1, 0.15) is 24.3 Å². The second-order valence-corrected chi connectivity index (χ2v) is 6.65. The van der Waals surface area contributed by atoms with Gasteiger partial charge in [-0.2, -0.15) is 0 Å². The zero-order chi connectivity index (χ0) is 18.3. The van der Waals surface area contributed by atoms with Crippen LogP contribution < -0.4 is 5.73 Å². The Morgan fingerprint density at radius 1 is 1.04 bits per heavy atom. The lowest BCUT2D eigenvalue weighted by Gasteiger charge is -2.43. The lowest BCUT2D eigenvalue weighted by molar-refractivity contribution is -0.201. The zero-order valence-corrected chi connectivity index (χ0v) is 15.2. The third kappa shape index (κ3) is 6.29. The summed E-state index contributed by atoms with van der Waals surface area (Å²) >= 11 is 1.45. The van der Waals surface area contributed by atoms with E-state index in [1.54, 1.807) is 0 Å². The first-order valence-corrected chi connectivity index (χ1v) is 8.81. The number of esters is 3. The molecule has 0 aromatic carbocycles. The van der Waals surface area contributed by atoms with Crippen molar-refractivity contribution in [2.24, 2.45) is 5.73 Å². The molecule has 1 aliphatic heterocycles. The molecule has 1 heterocycles. The predicted octanol–water partition coefficient (Wildman–Crippen LogP) is 0.608. The highest BCUT2D eigenvalue weighted by molar-refractivity contribution is 7.99. The number of rotatable bonds is 7. The van der Waals surface area contributed by atoms with E-state index in [4.69, 9.17) is 24.7 Å². The summed E-state index contributed by atoms with van der Waals surface area (Å²) in [6.07, 6.45) is -1.48. The normalized spacial score (nSPS) is 29.6. The SMILES string of the molecule is CCCSC1OC(COC(C)=O)C(OC(C)=O)C(N)C1OC(C)=O. The van der Waals surface area contributed by atoms with Crippen LogP contribution in [0.15, 0.2) is 0 Å². The summed E-state index contributed by atoms with van der Waals surface area (Å²) in [6, 6.07) is -0.790. The fraction of sp³-hybridized carbons (Fsp3) is 0.800. The molecule has 9 heteroatoms. The summed E-state index contributed by atoms with van der Waals surface area (Å²) in [7, 11) is 0. The fourth-order valence-electron chi connectivity index (χ4n) is 2.32. The van der Waals surface area contributed by atoms with Crippen LogP contribution in [0.3, 0.4) is 0 Å². The maximum atomic E-state index is 11.4. The Kier molecular flexibility index (Phi) is 8.51. The Morgan fingerprint density at radius 3 is 2.12 bits per heavy atom. The molecule has 5 atom stereocenters. The van der Waals surface area contributed by atoms with Crippen LogP contribution in [0.25, 0.3) is 0 Å². The van der Waals surface area contributed by atoms with Gasteiger partial charge < -0.3 is 24.7 Å². The van der Waals surface area contributed by atoms with Crippen LogP contribution in [0.5, 0.6) is 0 Å². The summed E-state index contributed by atoms with van der Waals surface area (Å²) in [5.74, 6) is -0.754. The molecule has 0 aliphatic carbocycles. The average molecular weight is 363 g/mol. The molecule has 1 aliphatic rings. The van der Waals surface area contributed by atoms with Crippen molar-refractivity contribution in [2.45, 2.75) is 63.9 Å². The van der Waals surface area contributed by atoms with Crippen molar-refractivity contribution in [1.82, 2.24) is 0 Å². The molecule has 0 aromatic heterocycles. The minimum absolute atomic E-state index is 0.100. The largest absolute Gasteiger partial charge is 0.463 e. The van der Waals surface area contributed by atoms with E-state index < -0.39 is 47.7 Å². The van der Waals surface area contributed by atoms with E-state index in [2.05, 4.69) is 0 Å². The van der Waals surface area contributed by atoms with Crippen LogP contribution in [0.1, 0.15) is 34.1 Å². The molecule has 24 heavy (non-hydrogen) atoms. The van der Waals surface area contributed by atoms with Gasteiger partial charge in [-0.3, -0.25) is 14.4 Å². The van der Waals surface area contributed by atoms with Crippen molar-refractivity contribution in [3.63, 3.8) is 0 Å². The second-order valence-electron chi connectivity index (χ2n) is 5.44. The molecular weight excluding hydrogens is 338 g/mol. The standard InChI is InChI=1S/C15H25NO7S/c1-5-6-24-15-14(22-10(4)19)12(16)13(21-9(3)18)11(23-15)7-20-8(2)17/h11-15H,5-7,16H2,1-4H3. The lowest BCUT2D eigenvalue weighted by Crippen LogP contribution is -2.63. The number of carbonyl (C=O) groups is 3. The third-order valence-corrected chi connectivity index (χ3v) is 4.60. The van der Waals surface area contributed by atoms with Crippen LogP contribution in [0, 0.1) is 0 Å². The number of carbonyl (C=O) groups excluding carboxylic acids is 3. The van der Waals surface area contributed by atoms with Gasteiger partial charge in [-0.15, -0.1) is 11.8 Å². The van der Waals surface area contributed by atoms with Crippen molar-refractivity contribution in [2.75, 3.05) is 12.4 Å². The summed E-state index contributed by atoms with van der Waals surface area (Å²) in [4.78, 5) is 33.8. The summed E-state index contributed by atoms with van der Waals surface area (Å²) in [5, 5.41) is 0. The highest BCUT2D eigenvalue weighted by atomic mass is 32.2. The molecule has 2 N–H and O–H groups in total. The Labute approximate surface area is 145 Å². The van der Waals surface area contributed by atoms with Gasteiger partial charge in [-0.25, -0.2) is 0 Å². The first-order valence-electron chi connectivity index (χ1n) is 7.76. The first-order chi connectivity index (χ1) is 11.3. The van der Waals surface area contributed by atoms with E-state index in [1.807, 2.05) is 6.92 Å². The minimum Gasteiger partial charge on any atom is -0.463 e. The van der Waals surface area contributed by atoms with Crippen LogP contribution in [0.4, 0.5) is 0 Å². The Morgan fingerprint density at radius 2 is 1.62 bits per heavy atom. The van der Waals surface area contributed by atoms with Crippen molar-refractivity contribution in [3.05, 3.63) is 0 Å². The molecule has 1 fully saturated rings. The maximum absolute atomic E-state index is 11.4. The number of thioether (sulfide) groups is 1. The van der Waals surface area contributed by atoms with Gasteiger partial charge in [-0.05, 0) is 12.2 Å². The molecule has 0 aromatic rings. The molecule has 1 rings (SSSR count). The molecule has 138 valence electrons. The summed E-state index contributed by atoms with van der Waals surface area (Å²) in [6.45, 7) is 5.70. The lowest BCUT2D eigenvalue weighted by atomic mass is 9.97. The van der Waals surface area contributed by atoms with Crippen LogP contribution >= 0.6 is 11.8 Å². The van der Waals surface area contributed by atoms with Gasteiger partial charge in [0.25, 0.3) is 0 Å². The molecule has 0 spiro atoms. The topological polar surface area (TPSA) is 114 Å². The van der Waals surface area contributed by atoms with Crippen molar-refractivity contribution in [3.8, 4) is 0 Å². The van der Waals surface area contributed by atoms with E-state index in [1.165, 1.54) is 32.5 Å². The number of hydrogen-bond donors (Lipinski definition) is 1.